The Morgan fingerprint density at radius 2 is 2.14 bits per heavy atom. The average Bonchev–Trinajstić information content (AvgIpc) is 3.24. The van der Waals surface area contributed by atoms with Crippen LogP contribution in [0.4, 0.5) is 0 Å². The van der Waals surface area contributed by atoms with Crippen LogP contribution in [0.5, 0.6) is 5.75 Å². The summed E-state index contributed by atoms with van der Waals surface area (Å²) in [6.07, 6.45) is 7.96. The van der Waals surface area contributed by atoms with Crippen molar-refractivity contribution in [3.05, 3.63) is 64.6 Å². The van der Waals surface area contributed by atoms with Crippen molar-refractivity contribution in [1.29, 1.82) is 0 Å². The minimum absolute atomic E-state index is 0.0796. The zero-order chi connectivity index (χ0) is 20.0. The highest BCUT2D eigenvalue weighted by molar-refractivity contribution is 5.94. The summed E-state index contributed by atoms with van der Waals surface area (Å²) in [5.41, 5.74) is 5.77. The van der Waals surface area contributed by atoms with E-state index in [9.17, 15) is 4.79 Å². The minimum atomic E-state index is -0.0796. The van der Waals surface area contributed by atoms with Crippen molar-refractivity contribution in [3.8, 4) is 5.75 Å². The Balaban J connectivity index is 1.32. The first kappa shape index (κ1) is 18.2. The first-order valence-corrected chi connectivity index (χ1v) is 10.7. The highest BCUT2D eigenvalue weighted by atomic mass is 16.5. The Morgan fingerprint density at radius 1 is 1.28 bits per heavy atom. The molecule has 5 rings (SSSR count). The number of hydrogen-bond donors (Lipinski definition) is 1. The molecule has 5 heteroatoms. The van der Waals surface area contributed by atoms with E-state index in [1.165, 1.54) is 24.8 Å². The second-order valence-electron chi connectivity index (χ2n) is 8.37. The third kappa shape index (κ3) is 3.28. The van der Waals surface area contributed by atoms with Crippen LogP contribution in [-0.2, 0) is 19.4 Å². The van der Waals surface area contributed by atoms with Crippen molar-refractivity contribution in [2.75, 3.05) is 0 Å². The number of fused-ring (bicyclic) bond motifs is 2. The molecule has 1 saturated carbocycles. The smallest absolute Gasteiger partial charge is 0.270 e. The van der Waals surface area contributed by atoms with Gasteiger partial charge in [-0.1, -0.05) is 31.5 Å². The fraction of sp³-hybridized carbons (Fsp3) is 0.417. The predicted molar refractivity (Wildman–Crippen MR) is 112 cm³/mol. The molecule has 1 amide bonds. The van der Waals surface area contributed by atoms with E-state index >= 15 is 0 Å². The van der Waals surface area contributed by atoms with Gasteiger partial charge in [-0.3, -0.25) is 9.20 Å². The van der Waals surface area contributed by atoms with Crippen LogP contribution in [0.3, 0.4) is 0 Å². The third-order valence-electron chi connectivity index (χ3n) is 6.34. The molecule has 1 atom stereocenters. The minimum Gasteiger partial charge on any atom is -0.490 e. The Kier molecular flexibility index (Phi) is 4.53. The third-order valence-corrected chi connectivity index (χ3v) is 6.34. The molecule has 1 fully saturated rings. The highest BCUT2D eigenvalue weighted by Gasteiger charge is 2.33. The molecule has 5 nitrogen and oxygen atoms in total. The molecular formula is C24H27N3O2. The van der Waals surface area contributed by atoms with Gasteiger partial charge in [0.05, 0.1) is 5.69 Å². The number of nitrogens with zero attached hydrogens (tertiary/aromatic N) is 2. The van der Waals surface area contributed by atoms with Gasteiger partial charge in [0, 0.05) is 19.2 Å². The number of aryl methyl sites for hydroxylation is 2. The molecule has 3 heterocycles. The van der Waals surface area contributed by atoms with E-state index in [2.05, 4.69) is 28.5 Å². The van der Waals surface area contributed by atoms with E-state index < -0.39 is 0 Å². The average molecular weight is 389 g/mol. The van der Waals surface area contributed by atoms with Crippen molar-refractivity contribution in [3.63, 3.8) is 0 Å². The van der Waals surface area contributed by atoms with E-state index in [-0.39, 0.29) is 5.91 Å². The summed E-state index contributed by atoms with van der Waals surface area (Å²) in [5, 5.41) is 3.09. The Hall–Kier alpha value is -2.82. The summed E-state index contributed by atoms with van der Waals surface area (Å²) in [6.45, 7) is 4.56. The fourth-order valence-electron chi connectivity index (χ4n) is 4.47. The standard InChI is InChI=1S/C24H27N3O2/c1-3-19-23(27-14-15(2)7-10-22(27)26-19)24(28)25-13-16-8-9-20-18(11-16)12-21(29-20)17-5-4-6-17/h7-11,14,17,21H,3-6,12-13H2,1-2H3,(H,25,28). The fourth-order valence-corrected chi connectivity index (χ4v) is 4.47. The first-order chi connectivity index (χ1) is 14.1. The highest BCUT2D eigenvalue weighted by Crippen LogP contribution is 2.39. The SMILES string of the molecule is CCc1nc2ccc(C)cn2c1C(=O)NCc1ccc2c(c1)CC(C1CCC1)O2. The van der Waals surface area contributed by atoms with Crippen LogP contribution in [0.1, 0.15) is 59.1 Å². The lowest BCUT2D eigenvalue weighted by Gasteiger charge is -2.30. The van der Waals surface area contributed by atoms with Gasteiger partial charge in [0.25, 0.3) is 5.91 Å². The van der Waals surface area contributed by atoms with Crippen LogP contribution >= 0.6 is 0 Å². The predicted octanol–water partition coefficient (Wildman–Crippen LogP) is 4.24. The monoisotopic (exact) mass is 389 g/mol. The maximum atomic E-state index is 13.0. The summed E-state index contributed by atoms with van der Waals surface area (Å²) in [7, 11) is 0. The summed E-state index contributed by atoms with van der Waals surface area (Å²) >= 11 is 0. The van der Waals surface area contributed by atoms with E-state index in [1.807, 2.05) is 36.6 Å². The van der Waals surface area contributed by atoms with Crippen LogP contribution in [0.2, 0.25) is 0 Å². The van der Waals surface area contributed by atoms with Gasteiger partial charge in [0.2, 0.25) is 0 Å². The van der Waals surface area contributed by atoms with Gasteiger partial charge in [-0.2, -0.15) is 0 Å². The van der Waals surface area contributed by atoms with Gasteiger partial charge < -0.3 is 10.1 Å². The number of aromatic nitrogens is 2. The van der Waals surface area contributed by atoms with E-state index in [0.29, 0.717) is 18.3 Å². The van der Waals surface area contributed by atoms with Crippen molar-refractivity contribution in [1.82, 2.24) is 14.7 Å². The Labute approximate surface area is 171 Å². The van der Waals surface area contributed by atoms with Crippen molar-refractivity contribution in [2.45, 2.75) is 58.6 Å². The molecule has 2 aliphatic rings. The van der Waals surface area contributed by atoms with Crippen molar-refractivity contribution >= 4 is 11.6 Å². The molecule has 1 aliphatic carbocycles. The number of nitrogens with one attached hydrogen (secondary N) is 1. The van der Waals surface area contributed by atoms with Crippen LogP contribution in [0.15, 0.2) is 36.5 Å². The Morgan fingerprint density at radius 3 is 2.90 bits per heavy atom. The van der Waals surface area contributed by atoms with Gasteiger partial charge in [0.1, 0.15) is 23.2 Å². The second-order valence-corrected chi connectivity index (χ2v) is 8.37. The lowest BCUT2D eigenvalue weighted by molar-refractivity contribution is 0.0944. The van der Waals surface area contributed by atoms with Gasteiger partial charge >= 0.3 is 0 Å². The lowest BCUT2D eigenvalue weighted by atomic mass is 9.80. The molecule has 29 heavy (non-hydrogen) atoms. The van der Waals surface area contributed by atoms with Crippen LogP contribution in [0.25, 0.3) is 5.65 Å². The van der Waals surface area contributed by atoms with Crippen LogP contribution in [0, 0.1) is 12.8 Å². The zero-order valence-electron chi connectivity index (χ0n) is 17.1. The second kappa shape index (κ2) is 7.21. The van der Waals surface area contributed by atoms with Gasteiger partial charge in [-0.15, -0.1) is 0 Å². The number of carbonyl (C=O) groups is 1. The van der Waals surface area contributed by atoms with E-state index in [4.69, 9.17) is 4.74 Å². The molecule has 1 unspecified atom stereocenters. The topological polar surface area (TPSA) is 55.6 Å². The number of benzene rings is 1. The maximum Gasteiger partial charge on any atom is 0.270 e. The first-order valence-electron chi connectivity index (χ1n) is 10.7. The van der Waals surface area contributed by atoms with Gasteiger partial charge in [-0.25, -0.2) is 4.98 Å². The number of pyridine rings is 1. The maximum absolute atomic E-state index is 13.0. The molecule has 1 N–H and O–H groups in total. The van der Waals surface area contributed by atoms with E-state index in [1.54, 1.807) is 0 Å². The normalized spacial score (nSPS) is 18.3. The molecule has 2 aromatic heterocycles. The largest absolute Gasteiger partial charge is 0.490 e. The molecule has 0 bridgehead atoms. The molecule has 0 saturated heterocycles. The number of imidazole rings is 1. The molecular weight excluding hydrogens is 362 g/mol. The number of rotatable bonds is 5. The molecule has 3 aromatic rings. The van der Waals surface area contributed by atoms with Crippen LogP contribution < -0.4 is 10.1 Å². The number of ether oxygens (including phenoxy) is 1. The lowest BCUT2D eigenvalue weighted by Crippen LogP contribution is -2.30. The van der Waals surface area contributed by atoms with Crippen LogP contribution in [-0.4, -0.2) is 21.4 Å². The van der Waals surface area contributed by atoms with Crippen molar-refractivity contribution < 1.29 is 9.53 Å². The number of hydrogen-bond acceptors (Lipinski definition) is 3. The summed E-state index contributed by atoms with van der Waals surface area (Å²) in [6, 6.07) is 10.3. The zero-order valence-corrected chi connectivity index (χ0v) is 17.1. The van der Waals surface area contributed by atoms with E-state index in [0.717, 1.165) is 47.0 Å². The number of amides is 1. The Bertz CT molecular complexity index is 1080. The van der Waals surface area contributed by atoms with Gasteiger partial charge in [0.15, 0.2) is 0 Å². The molecule has 1 aliphatic heterocycles. The summed E-state index contributed by atoms with van der Waals surface area (Å²) in [4.78, 5) is 17.6. The molecule has 0 radical (unpaired) electrons. The summed E-state index contributed by atoms with van der Waals surface area (Å²) in [5.74, 6) is 1.66. The summed E-state index contributed by atoms with van der Waals surface area (Å²) < 4.78 is 8.05. The number of carbonyl (C=O) groups excluding carboxylic acids is 1. The molecule has 150 valence electrons. The quantitative estimate of drug-likeness (QED) is 0.710. The molecule has 0 spiro atoms. The molecule has 1 aromatic carbocycles. The van der Waals surface area contributed by atoms with Crippen molar-refractivity contribution in [2.24, 2.45) is 5.92 Å². The van der Waals surface area contributed by atoms with Gasteiger partial charge in [-0.05, 0) is 60.9 Å².